The molecular formula is C50H34N2. The van der Waals surface area contributed by atoms with E-state index in [9.17, 15) is 0 Å². The van der Waals surface area contributed by atoms with E-state index >= 15 is 0 Å². The normalized spacial score (nSPS) is 13.3. The maximum atomic E-state index is 4.91. The number of pyridine rings is 1. The van der Waals surface area contributed by atoms with Crippen LogP contribution >= 0.6 is 0 Å². The van der Waals surface area contributed by atoms with Gasteiger partial charge in [0, 0.05) is 23.4 Å². The van der Waals surface area contributed by atoms with Crippen molar-refractivity contribution in [2.24, 2.45) is 0 Å². The number of fused-ring (bicyclic) bond motifs is 9. The molecule has 10 aromatic rings. The molecule has 0 atom stereocenters. The Balaban J connectivity index is 1.26. The Morgan fingerprint density at radius 3 is 1.88 bits per heavy atom. The van der Waals surface area contributed by atoms with E-state index in [1.807, 2.05) is 12.1 Å². The van der Waals surface area contributed by atoms with Gasteiger partial charge in [-0.3, -0.25) is 0 Å². The highest BCUT2D eigenvalue weighted by atomic mass is 15.0. The van der Waals surface area contributed by atoms with Crippen molar-refractivity contribution >= 4 is 48.7 Å². The molecule has 0 aliphatic heterocycles. The molecule has 0 fully saturated rings. The maximum Gasteiger partial charge on any atom is 0.137 e. The van der Waals surface area contributed by atoms with Crippen LogP contribution in [0.25, 0.3) is 93.4 Å². The van der Waals surface area contributed by atoms with Crippen LogP contribution in [0.4, 0.5) is 0 Å². The van der Waals surface area contributed by atoms with Gasteiger partial charge in [-0.15, -0.1) is 0 Å². The standard InChI is InChI=1S/C50H34N2/c1-50(2)44-20-10-9-17-37(44)40-28-42-43(29-45(40)50)48(32-24-22-31(23-25-32)46-30-52-26-12-11-21-47(52)51-46)38-18-7-8-19-39(38)49(42)41-27-33-13-3-4-14-34(33)35-15-5-6-16-36(35)41/h3-30H,1-2H3. The van der Waals surface area contributed by atoms with Crippen molar-refractivity contribution in [2.75, 3.05) is 0 Å². The van der Waals surface area contributed by atoms with Crippen molar-refractivity contribution < 1.29 is 0 Å². The van der Waals surface area contributed by atoms with E-state index in [4.69, 9.17) is 4.98 Å². The molecule has 2 heteroatoms. The average Bonchev–Trinajstić information content (AvgIpc) is 3.72. The van der Waals surface area contributed by atoms with Gasteiger partial charge in [0.25, 0.3) is 0 Å². The van der Waals surface area contributed by atoms with E-state index in [1.165, 1.54) is 87.6 Å². The van der Waals surface area contributed by atoms with Crippen LogP contribution in [0, 0.1) is 0 Å². The van der Waals surface area contributed by atoms with E-state index in [0.29, 0.717) is 0 Å². The molecule has 0 spiro atoms. The van der Waals surface area contributed by atoms with Crippen LogP contribution < -0.4 is 0 Å². The molecule has 2 heterocycles. The quantitative estimate of drug-likeness (QED) is 0.136. The Morgan fingerprint density at radius 2 is 1.08 bits per heavy atom. The number of nitrogens with zero attached hydrogens (tertiary/aromatic N) is 2. The summed E-state index contributed by atoms with van der Waals surface area (Å²) in [5.74, 6) is 0. The van der Waals surface area contributed by atoms with Gasteiger partial charge in [0.2, 0.25) is 0 Å². The van der Waals surface area contributed by atoms with E-state index in [-0.39, 0.29) is 5.41 Å². The third-order valence-corrected chi connectivity index (χ3v) is 11.6. The van der Waals surface area contributed by atoms with Crippen LogP contribution in [0.5, 0.6) is 0 Å². The second-order valence-corrected chi connectivity index (χ2v) is 14.8. The molecule has 2 aromatic heterocycles. The summed E-state index contributed by atoms with van der Waals surface area (Å²) in [6.07, 6.45) is 4.16. The van der Waals surface area contributed by atoms with Gasteiger partial charge in [-0.25, -0.2) is 4.98 Å². The third kappa shape index (κ3) is 4.09. The number of benzene rings is 8. The van der Waals surface area contributed by atoms with E-state index < -0.39 is 0 Å². The number of imidazole rings is 1. The number of hydrogen-bond acceptors (Lipinski definition) is 1. The van der Waals surface area contributed by atoms with Gasteiger partial charge >= 0.3 is 0 Å². The molecule has 11 rings (SSSR count). The molecule has 0 radical (unpaired) electrons. The lowest BCUT2D eigenvalue weighted by molar-refractivity contribution is 0.661. The molecule has 2 nitrogen and oxygen atoms in total. The lowest BCUT2D eigenvalue weighted by atomic mass is 9.79. The Hall–Kier alpha value is -6.51. The molecule has 244 valence electrons. The van der Waals surface area contributed by atoms with Crippen LogP contribution in [0.3, 0.4) is 0 Å². The minimum absolute atomic E-state index is 0.119. The van der Waals surface area contributed by atoms with Gasteiger partial charge in [-0.1, -0.05) is 141 Å². The minimum atomic E-state index is -0.119. The van der Waals surface area contributed by atoms with Crippen molar-refractivity contribution in [2.45, 2.75) is 19.3 Å². The predicted octanol–water partition coefficient (Wildman–Crippen LogP) is 13.3. The zero-order chi connectivity index (χ0) is 34.6. The average molecular weight is 663 g/mol. The molecule has 0 unspecified atom stereocenters. The molecule has 1 aliphatic rings. The summed E-state index contributed by atoms with van der Waals surface area (Å²) in [6.45, 7) is 4.76. The Kier molecular flexibility index (Phi) is 6.04. The van der Waals surface area contributed by atoms with Gasteiger partial charge in [-0.2, -0.15) is 0 Å². The summed E-state index contributed by atoms with van der Waals surface area (Å²) in [4.78, 5) is 4.91. The first kappa shape index (κ1) is 29.2. The van der Waals surface area contributed by atoms with Crippen LogP contribution in [-0.2, 0) is 5.41 Å². The Labute approximate surface area is 302 Å². The summed E-state index contributed by atoms with van der Waals surface area (Å²) in [7, 11) is 0. The van der Waals surface area contributed by atoms with E-state index in [1.54, 1.807) is 0 Å². The SMILES string of the molecule is CC1(C)c2ccccc2-c2cc3c(-c4cc5ccccc5c5ccccc45)c4ccccc4c(-c4ccc(-c5cn6ccccc6n5)cc4)c3cc21. The molecule has 0 bridgehead atoms. The highest BCUT2D eigenvalue weighted by Crippen LogP contribution is 2.54. The van der Waals surface area contributed by atoms with Gasteiger partial charge < -0.3 is 4.40 Å². The highest BCUT2D eigenvalue weighted by Gasteiger charge is 2.36. The predicted molar refractivity (Wildman–Crippen MR) is 219 cm³/mol. The van der Waals surface area contributed by atoms with Gasteiger partial charge in [0.1, 0.15) is 5.65 Å². The number of aromatic nitrogens is 2. The van der Waals surface area contributed by atoms with Crippen molar-refractivity contribution in [1.29, 1.82) is 0 Å². The molecular weight excluding hydrogens is 629 g/mol. The summed E-state index contributed by atoms with van der Waals surface area (Å²) in [6, 6.07) is 58.4. The summed E-state index contributed by atoms with van der Waals surface area (Å²) in [5.41, 5.74) is 13.4. The molecule has 0 amide bonds. The fourth-order valence-corrected chi connectivity index (χ4v) is 9.11. The lowest BCUT2D eigenvalue weighted by Gasteiger charge is -2.24. The van der Waals surface area contributed by atoms with Crippen LogP contribution in [-0.4, -0.2) is 9.38 Å². The van der Waals surface area contributed by atoms with E-state index in [0.717, 1.165) is 16.9 Å². The van der Waals surface area contributed by atoms with Crippen LogP contribution in [0.15, 0.2) is 170 Å². The van der Waals surface area contributed by atoms with Crippen molar-refractivity contribution in [3.05, 3.63) is 181 Å². The second kappa shape index (κ2) is 10.7. The summed E-state index contributed by atoms with van der Waals surface area (Å²) >= 11 is 0. The minimum Gasteiger partial charge on any atom is -0.306 e. The molecule has 0 saturated heterocycles. The van der Waals surface area contributed by atoms with Gasteiger partial charge in [0.15, 0.2) is 0 Å². The van der Waals surface area contributed by atoms with Crippen molar-refractivity contribution in [1.82, 2.24) is 9.38 Å². The monoisotopic (exact) mass is 662 g/mol. The zero-order valence-electron chi connectivity index (χ0n) is 29.1. The first-order valence-corrected chi connectivity index (χ1v) is 18.1. The molecule has 8 aromatic carbocycles. The third-order valence-electron chi connectivity index (χ3n) is 11.6. The van der Waals surface area contributed by atoms with E-state index in [2.05, 4.69) is 176 Å². The fraction of sp³-hybridized carbons (Fsp3) is 0.0600. The van der Waals surface area contributed by atoms with Crippen LogP contribution in [0.2, 0.25) is 0 Å². The maximum absolute atomic E-state index is 4.91. The molecule has 1 aliphatic carbocycles. The Bertz CT molecular complexity index is 3050. The molecule has 0 N–H and O–H groups in total. The zero-order valence-corrected chi connectivity index (χ0v) is 29.1. The van der Waals surface area contributed by atoms with Crippen molar-refractivity contribution in [3.8, 4) is 44.6 Å². The molecule has 0 saturated carbocycles. The topological polar surface area (TPSA) is 17.3 Å². The van der Waals surface area contributed by atoms with Crippen LogP contribution in [0.1, 0.15) is 25.0 Å². The molecule has 52 heavy (non-hydrogen) atoms. The largest absolute Gasteiger partial charge is 0.306 e. The second-order valence-electron chi connectivity index (χ2n) is 14.8. The summed E-state index contributed by atoms with van der Waals surface area (Å²) in [5, 5.41) is 10.2. The van der Waals surface area contributed by atoms with Crippen molar-refractivity contribution in [3.63, 3.8) is 0 Å². The first-order chi connectivity index (χ1) is 25.5. The van der Waals surface area contributed by atoms with Gasteiger partial charge in [0.05, 0.1) is 5.69 Å². The number of rotatable bonds is 3. The van der Waals surface area contributed by atoms with Gasteiger partial charge in [-0.05, 0) is 118 Å². The highest BCUT2D eigenvalue weighted by molar-refractivity contribution is 6.26. The fourth-order valence-electron chi connectivity index (χ4n) is 9.11. The Morgan fingerprint density at radius 1 is 0.442 bits per heavy atom. The smallest absolute Gasteiger partial charge is 0.137 e. The lowest BCUT2D eigenvalue weighted by Crippen LogP contribution is -2.14. The number of hydrogen-bond donors (Lipinski definition) is 0. The first-order valence-electron chi connectivity index (χ1n) is 18.1. The summed E-state index contributed by atoms with van der Waals surface area (Å²) < 4.78 is 2.08.